The van der Waals surface area contributed by atoms with Gasteiger partial charge in [-0.25, -0.2) is 9.07 Å². The molecule has 4 aromatic rings. The lowest BCUT2D eigenvalue weighted by molar-refractivity contribution is -0.120. The van der Waals surface area contributed by atoms with Gasteiger partial charge in [-0.3, -0.25) is 4.79 Å². The van der Waals surface area contributed by atoms with E-state index >= 15 is 0 Å². The molecule has 2 aromatic heterocycles. The molecular weight excluding hydrogens is 425 g/mol. The third-order valence-electron chi connectivity index (χ3n) is 5.90. The predicted octanol–water partition coefficient (Wildman–Crippen LogP) is 5.09. The minimum absolute atomic E-state index is 0.0484. The lowest BCUT2D eigenvalue weighted by atomic mass is 9.97. The second kappa shape index (κ2) is 8.35. The van der Waals surface area contributed by atoms with Crippen LogP contribution in [0.1, 0.15) is 24.1 Å². The Balaban J connectivity index is 1.39. The standard InChI is InChI=1S/C24H24FN5OS/c1-15-7-3-4-11-20(15)26-23(31)17-8-6-12-29(14-17)24-27-22-21(32-24)16(2)28-30(22)19-10-5-9-18(25)13-19/h3-5,7,9-11,13,17H,6,8,12,14H2,1-2H3,(H,26,31)/t17-/m1/s1. The van der Waals surface area contributed by atoms with Crippen molar-refractivity contribution < 1.29 is 9.18 Å². The van der Waals surface area contributed by atoms with Gasteiger partial charge in [-0.2, -0.15) is 10.1 Å². The fourth-order valence-electron chi connectivity index (χ4n) is 4.16. The first-order valence-corrected chi connectivity index (χ1v) is 11.5. The number of carbonyl (C=O) groups excluding carboxylic acids is 1. The molecule has 1 N–H and O–H groups in total. The summed E-state index contributed by atoms with van der Waals surface area (Å²) in [5, 5.41) is 8.52. The smallest absolute Gasteiger partial charge is 0.229 e. The number of aromatic nitrogens is 3. The Kier molecular flexibility index (Phi) is 5.38. The number of hydrogen-bond acceptors (Lipinski definition) is 5. The molecule has 3 heterocycles. The van der Waals surface area contributed by atoms with E-state index in [2.05, 4.69) is 15.3 Å². The zero-order valence-electron chi connectivity index (χ0n) is 18.0. The molecule has 2 aromatic carbocycles. The van der Waals surface area contributed by atoms with Crippen LogP contribution in [0.25, 0.3) is 16.0 Å². The van der Waals surface area contributed by atoms with E-state index in [1.807, 2.05) is 44.2 Å². The summed E-state index contributed by atoms with van der Waals surface area (Å²) in [6.07, 6.45) is 1.78. The molecule has 0 radical (unpaired) electrons. The van der Waals surface area contributed by atoms with E-state index in [0.717, 1.165) is 51.8 Å². The minimum atomic E-state index is -0.308. The van der Waals surface area contributed by atoms with Gasteiger partial charge in [0.1, 0.15) is 5.82 Å². The molecule has 0 spiro atoms. The van der Waals surface area contributed by atoms with Crippen molar-refractivity contribution in [1.29, 1.82) is 0 Å². The summed E-state index contributed by atoms with van der Waals surface area (Å²) in [5.41, 5.74) is 4.14. The van der Waals surface area contributed by atoms with Crippen LogP contribution in [0, 0.1) is 25.6 Å². The van der Waals surface area contributed by atoms with Gasteiger partial charge in [0.2, 0.25) is 5.91 Å². The lowest BCUT2D eigenvalue weighted by Gasteiger charge is -2.31. The first-order chi connectivity index (χ1) is 15.5. The van der Waals surface area contributed by atoms with Gasteiger partial charge in [-0.05, 0) is 56.5 Å². The summed E-state index contributed by atoms with van der Waals surface area (Å²) < 4.78 is 16.4. The highest BCUT2D eigenvalue weighted by atomic mass is 32.1. The molecule has 1 aliphatic rings. The maximum Gasteiger partial charge on any atom is 0.229 e. The molecule has 0 bridgehead atoms. The molecule has 8 heteroatoms. The van der Waals surface area contributed by atoms with Crippen LogP contribution in [-0.2, 0) is 4.79 Å². The summed E-state index contributed by atoms with van der Waals surface area (Å²) in [4.78, 5) is 20.0. The number of aryl methyl sites for hydroxylation is 2. The highest BCUT2D eigenvalue weighted by Crippen LogP contribution is 2.34. The highest BCUT2D eigenvalue weighted by Gasteiger charge is 2.28. The number of carbonyl (C=O) groups is 1. The molecule has 0 unspecified atom stereocenters. The van der Waals surface area contributed by atoms with Crippen molar-refractivity contribution in [2.24, 2.45) is 5.92 Å². The van der Waals surface area contributed by atoms with Gasteiger partial charge in [-0.1, -0.05) is 35.6 Å². The molecule has 6 nitrogen and oxygen atoms in total. The topological polar surface area (TPSA) is 63.1 Å². The Bertz CT molecular complexity index is 1300. The fraction of sp³-hybridized carbons (Fsp3) is 0.292. The summed E-state index contributed by atoms with van der Waals surface area (Å²) in [5.74, 6) is -0.360. The molecule has 0 saturated carbocycles. The van der Waals surface area contributed by atoms with E-state index in [4.69, 9.17) is 4.98 Å². The van der Waals surface area contributed by atoms with Crippen LogP contribution in [0.2, 0.25) is 0 Å². The Hall–Kier alpha value is -3.26. The third-order valence-corrected chi connectivity index (χ3v) is 7.11. The van der Waals surface area contributed by atoms with Gasteiger partial charge in [0.25, 0.3) is 0 Å². The molecular formula is C24H24FN5OS. The summed E-state index contributed by atoms with van der Waals surface area (Å²) in [6, 6.07) is 14.2. The van der Waals surface area contributed by atoms with Crippen LogP contribution in [-0.4, -0.2) is 33.8 Å². The molecule has 5 rings (SSSR count). The summed E-state index contributed by atoms with van der Waals surface area (Å²) >= 11 is 1.58. The first-order valence-electron chi connectivity index (χ1n) is 10.7. The number of piperidine rings is 1. The Labute approximate surface area is 189 Å². The number of nitrogens with zero attached hydrogens (tertiary/aromatic N) is 4. The first kappa shape index (κ1) is 20.6. The molecule has 0 aliphatic carbocycles. The zero-order valence-corrected chi connectivity index (χ0v) is 18.8. The van der Waals surface area contributed by atoms with Gasteiger partial charge < -0.3 is 10.2 Å². The van der Waals surface area contributed by atoms with E-state index in [0.29, 0.717) is 12.2 Å². The number of thiazole rings is 1. The van der Waals surface area contributed by atoms with Gasteiger partial charge >= 0.3 is 0 Å². The van der Waals surface area contributed by atoms with Crippen LogP contribution >= 0.6 is 11.3 Å². The Morgan fingerprint density at radius 3 is 2.84 bits per heavy atom. The number of rotatable bonds is 4. The van der Waals surface area contributed by atoms with Crippen molar-refractivity contribution in [2.45, 2.75) is 26.7 Å². The normalized spacial score (nSPS) is 16.5. The van der Waals surface area contributed by atoms with Crippen molar-refractivity contribution in [3.63, 3.8) is 0 Å². The molecule has 1 fully saturated rings. The van der Waals surface area contributed by atoms with Crippen molar-refractivity contribution in [2.75, 3.05) is 23.3 Å². The number of para-hydroxylation sites is 1. The van der Waals surface area contributed by atoms with Crippen molar-refractivity contribution in [1.82, 2.24) is 14.8 Å². The maximum atomic E-state index is 13.8. The number of benzene rings is 2. The highest BCUT2D eigenvalue weighted by molar-refractivity contribution is 7.22. The second-order valence-electron chi connectivity index (χ2n) is 8.22. The maximum absolute atomic E-state index is 13.8. The van der Waals surface area contributed by atoms with Gasteiger partial charge in [0.15, 0.2) is 10.8 Å². The number of fused-ring (bicyclic) bond motifs is 1. The Morgan fingerprint density at radius 1 is 1.19 bits per heavy atom. The number of hydrogen-bond donors (Lipinski definition) is 1. The minimum Gasteiger partial charge on any atom is -0.347 e. The molecule has 1 saturated heterocycles. The van der Waals surface area contributed by atoms with Crippen LogP contribution in [0.3, 0.4) is 0 Å². The number of nitrogens with one attached hydrogen (secondary N) is 1. The van der Waals surface area contributed by atoms with Crippen molar-refractivity contribution >= 4 is 38.4 Å². The lowest BCUT2D eigenvalue weighted by Crippen LogP contribution is -2.40. The van der Waals surface area contributed by atoms with E-state index in [-0.39, 0.29) is 17.6 Å². The molecule has 32 heavy (non-hydrogen) atoms. The van der Waals surface area contributed by atoms with Crippen molar-refractivity contribution in [3.05, 3.63) is 65.6 Å². The number of amides is 1. The van der Waals surface area contributed by atoms with Crippen molar-refractivity contribution in [3.8, 4) is 5.69 Å². The summed E-state index contributed by atoms with van der Waals surface area (Å²) in [6.45, 7) is 5.42. The zero-order chi connectivity index (χ0) is 22.2. The van der Waals surface area contributed by atoms with E-state index in [1.54, 1.807) is 22.1 Å². The van der Waals surface area contributed by atoms with Gasteiger partial charge in [0, 0.05) is 18.8 Å². The largest absolute Gasteiger partial charge is 0.347 e. The van der Waals surface area contributed by atoms with E-state index in [1.165, 1.54) is 12.1 Å². The van der Waals surface area contributed by atoms with Crippen LogP contribution < -0.4 is 10.2 Å². The fourth-order valence-corrected chi connectivity index (χ4v) is 5.18. The Morgan fingerprint density at radius 2 is 2.03 bits per heavy atom. The molecule has 1 atom stereocenters. The monoisotopic (exact) mass is 449 g/mol. The number of anilines is 2. The van der Waals surface area contributed by atoms with Crippen LogP contribution in [0.15, 0.2) is 48.5 Å². The average Bonchev–Trinajstić information content (AvgIpc) is 3.36. The molecule has 164 valence electrons. The molecule has 1 aliphatic heterocycles. The number of halogens is 1. The summed E-state index contributed by atoms with van der Waals surface area (Å²) in [7, 11) is 0. The van der Waals surface area contributed by atoms with Crippen LogP contribution in [0.4, 0.5) is 15.2 Å². The quantitative estimate of drug-likeness (QED) is 0.471. The van der Waals surface area contributed by atoms with Gasteiger partial charge in [-0.15, -0.1) is 0 Å². The second-order valence-corrected chi connectivity index (χ2v) is 9.19. The van der Waals surface area contributed by atoms with Gasteiger partial charge in [0.05, 0.1) is 22.0 Å². The molecule has 1 amide bonds. The van der Waals surface area contributed by atoms with Crippen LogP contribution in [0.5, 0.6) is 0 Å². The predicted molar refractivity (Wildman–Crippen MR) is 126 cm³/mol. The average molecular weight is 450 g/mol. The third kappa shape index (κ3) is 3.86. The van der Waals surface area contributed by atoms with E-state index in [9.17, 15) is 9.18 Å². The SMILES string of the molecule is Cc1ccccc1NC(=O)[C@@H]1CCCN(c2nc3c(s2)c(C)nn3-c2cccc(F)c2)C1. The van der Waals surface area contributed by atoms with E-state index < -0.39 is 0 Å².